The van der Waals surface area contributed by atoms with Crippen molar-refractivity contribution in [1.29, 1.82) is 5.26 Å². The standard InChI is InChI=1S/C12H15ClN2OS/c1-3-15(8-4-7-14)9(2)12(16)10-5-6-11(13)17-10/h5-6,9H,3-4,8H2,1-2H3. The van der Waals surface area contributed by atoms with E-state index in [1.165, 1.54) is 11.3 Å². The molecule has 0 saturated carbocycles. The summed E-state index contributed by atoms with van der Waals surface area (Å²) in [7, 11) is 0. The molecule has 92 valence electrons. The predicted octanol–water partition coefficient (Wildman–Crippen LogP) is 3.21. The van der Waals surface area contributed by atoms with E-state index in [1.54, 1.807) is 12.1 Å². The van der Waals surface area contributed by atoms with Crippen molar-refractivity contribution in [2.45, 2.75) is 26.3 Å². The number of hydrogen-bond donors (Lipinski definition) is 0. The summed E-state index contributed by atoms with van der Waals surface area (Å²) in [6.07, 6.45) is 0.441. The van der Waals surface area contributed by atoms with Crippen LogP contribution in [0.5, 0.6) is 0 Å². The van der Waals surface area contributed by atoms with Gasteiger partial charge in [0, 0.05) is 13.0 Å². The van der Waals surface area contributed by atoms with Gasteiger partial charge >= 0.3 is 0 Å². The number of hydrogen-bond acceptors (Lipinski definition) is 4. The van der Waals surface area contributed by atoms with E-state index in [9.17, 15) is 4.79 Å². The van der Waals surface area contributed by atoms with E-state index >= 15 is 0 Å². The van der Waals surface area contributed by atoms with Crippen LogP contribution in [0.2, 0.25) is 4.34 Å². The van der Waals surface area contributed by atoms with E-state index in [1.807, 2.05) is 18.7 Å². The second-order valence-corrected chi connectivity index (χ2v) is 5.40. The van der Waals surface area contributed by atoms with Crippen LogP contribution in [0.15, 0.2) is 12.1 Å². The van der Waals surface area contributed by atoms with Gasteiger partial charge in [-0.25, -0.2) is 0 Å². The van der Waals surface area contributed by atoms with Gasteiger partial charge in [0.05, 0.1) is 21.3 Å². The molecule has 1 unspecified atom stereocenters. The molecule has 0 aliphatic heterocycles. The Labute approximate surface area is 111 Å². The lowest BCUT2D eigenvalue weighted by atomic mass is 10.1. The van der Waals surface area contributed by atoms with Crippen LogP contribution in [0.4, 0.5) is 0 Å². The molecule has 5 heteroatoms. The molecule has 0 aromatic carbocycles. The summed E-state index contributed by atoms with van der Waals surface area (Å²) in [6, 6.07) is 5.38. The summed E-state index contributed by atoms with van der Waals surface area (Å²) in [6.45, 7) is 5.24. The maximum Gasteiger partial charge on any atom is 0.189 e. The van der Waals surface area contributed by atoms with Gasteiger partial charge in [-0.3, -0.25) is 9.69 Å². The highest BCUT2D eigenvalue weighted by Gasteiger charge is 2.22. The molecule has 1 heterocycles. The lowest BCUT2D eigenvalue weighted by Crippen LogP contribution is -2.39. The van der Waals surface area contributed by atoms with Gasteiger partial charge < -0.3 is 0 Å². The van der Waals surface area contributed by atoms with E-state index in [4.69, 9.17) is 16.9 Å². The monoisotopic (exact) mass is 270 g/mol. The van der Waals surface area contributed by atoms with E-state index in [-0.39, 0.29) is 11.8 Å². The van der Waals surface area contributed by atoms with Gasteiger partial charge in [0.15, 0.2) is 5.78 Å². The maximum absolute atomic E-state index is 12.1. The Morgan fingerprint density at radius 2 is 2.35 bits per heavy atom. The van der Waals surface area contributed by atoms with Crippen molar-refractivity contribution in [3.63, 3.8) is 0 Å². The number of Topliss-reactive ketones (excluding diaryl/α,β-unsaturated/α-hetero) is 1. The van der Waals surface area contributed by atoms with E-state index in [0.717, 1.165) is 6.54 Å². The van der Waals surface area contributed by atoms with Gasteiger partial charge in [-0.05, 0) is 25.6 Å². The van der Waals surface area contributed by atoms with Crippen LogP contribution in [-0.2, 0) is 0 Å². The summed E-state index contributed by atoms with van der Waals surface area (Å²) >= 11 is 7.12. The van der Waals surface area contributed by atoms with Gasteiger partial charge in [0.1, 0.15) is 0 Å². The number of nitrogens with zero attached hydrogens (tertiary/aromatic N) is 2. The van der Waals surface area contributed by atoms with Gasteiger partial charge in [-0.15, -0.1) is 11.3 Å². The average Bonchev–Trinajstić information content (AvgIpc) is 2.75. The second-order valence-electron chi connectivity index (χ2n) is 3.68. The van der Waals surface area contributed by atoms with Crippen molar-refractivity contribution in [2.75, 3.05) is 13.1 Å². The molecule has 0 N–H and O–H groups in total. The molecule has 0 aliphatic carbocycles. The Morgan fingerprint density at radius 3 is 2.82 bits per heavy atom. The molecular weight excluding hydrogens is 256 g/mol. The molecule has 0 fully saturated rings. The van der Waals surface area contributed by atoms with Crippen molar-refractivity contribution in [3.8, 4) is 6.07 Å². The highest BCUT2D eigenvalue weighted by Crippen LogP contribution is 2.23. The third-order valence-corrected chi connectivity index (χ3v) is 3.91. The molecule has 0 amide bonds. The first kappa shape index (κ1) is 14.2. The lowest BCUT2D eigenvalue weighted by Gasteiger charge is -2.25. The number of likely N-dealkylation sites (N-methyl/N-ethyl adjacent to an activating group) is 1. The first-order valence-corrected chi connectivity index (χ1v) is 6.70. The van der Waals surface area contributed by atoms with Crippen LogP contribution >= 0.6 is 22.9 Å². The smallest absolute Gasteiger partial charge is 0.189 e. The number of thiophene rings is 1. The minimum absolute atomic E-state index is 0.0710. The number of halogens is 1. The van der Waals surface area contributed by atoms with Gasteiger partial charge in [-0.2, -0.15) is 5.26 Å². The largest absolute Gasteiger partial charge is 0.293 e. The Hall–Kier alpha value is -0.890. The summed E-state index contributed by atoms with van der Waals surface area (Å²) < 4.78 is 0.626. The van der Waals surface area contributed by atoms with Crippen LogP contribution < -0.4 is 0 Å². The number of ketones is 1. The Balaban J connectivity index is 2.70. The third kappa shape index (κ3) is 3.81. The normalized spacial score (nSPS) is 12.4. The summed E-state index contributed by atoms with van der Waals surface area (Å²) in [5.41, 5.74) is 0. The van der Waals surface area contributed by atoms with E-state index in [2.05, 4.69) is 6.07 Å². The highest BCUT2D eigenvalue weighted by atomic mass is 35.5. The molecular formula is C12H15ClN2OS. The SMILES string of the molecule is CCN(CCC#N)C(C)C(=O)c1ccc(Cl)s1. The fraction of sp³-hybridized carbons (Fsp3) is 0.500. The van der Waals surface area contributed by atoms with Gasteiger partial charge in [-0.1, -0.05) is 18.5 Å². The first-order valence-electron chi connectivity index (χ1n) is 5.50. The molecule has 0 aliphatic rings. The molecule has 0 spiro atoms. The topological polar surface area (TPSA) is 44.1 Å². The van der Waals surface area contributed by atoms with E-state index < -0.39 is 0 Å². The zero-order chi connectivity index (χ0) is 12.8. The summed E-state index contributed by atoms with van der Waals surface area (Å²) in [5, 5.41) is 8.57. The molecule has 1 atom stereocenters. The first-order chi connectivity index (χ1) is 8.10. The Kier molecular flexibility index (Phi) is 5.63. The molecule has 1 rings (SSSR count). The fourth-order valence-corrected chi connectivity index (χ4v) is 2.70. The molecule has 1 aromatic rings. The Bertz CT molecular complexity index is 424. The van der Waals surface area contributed by atoms with Gasteiger partial charge in [0.25, 0.3) is 0 Å². The molecule has 0 saturated heterocycles. The number of rotatable bonds is 6. The Morgan fingerprint density at radius 1 is 1.65 bits per heavy atom. The minimum atomic E-state index is -0.205. The fourth-order valence-electron chi connectivity index (χ4n) is 1.64. The second kappa shape index (κ2) is 6.75. The lowest BCUT2D eigenvalue weighted by molar-refractivity contribution is 0.0851. The quantitative estimate of drug-likeness (QED) is 0.746. The van der Waals surface area contributed by atoms with Crippen LogP contribution in [0.25, 0.3) is 0 Å². The van der Waals surface area contributed by atoms with Crippen LogP contribution in [0.1, 0.15) is 29.9 Å². The summed E-state index contributed by atoms with van der Waals surface area (Å²) in [5.74, 6) is 0.0710. The van der Waals surface area contributed by atoms with Crippen molar-refractivity contribution >= 4 is 28.7 Å². The molecule has 3 nitrogen and oxygen atoms in total. The minimum Gasteiger partial charge on any atom is -0.293 e. The number of carbonyl (C=O) groups excluding carboxylic acids is 1. The molecule has 1 aromatic heterocycles. The predicted molar refractivity (Wildman–Crippen MR) is 70.6 cm³/mol. The van der Waals surface area contributed by atoms with Crippen molar-refractivity contribution in [3.05, 3.63) is 21.3 Å². The number of nitriles is 1. The highest BCUT2D eigenvalue weighted by molar-refractivity contribution is 7.18. The average molecular weight is 271 g/mol. The maximum atomic E-state index is 12.1. The third-order valence-electron chi connectivity index (χ3n) is 2.66. The van der Waals surface area contributed by atoms with Crippen molar-refractivity contribution in [1.82, 2.24) is 4.90 Å². The van der Waals surface area contributed by atoms with Crippen molar-refractivity contribution in [2.24, 2.45) is 0 Å². The zero-order valence-corrected chi connectivity index (χ0v) is 11.5. The van der Waals surface area contributed by atoms with Crippen LogP contribution in [0, 0.1) is 11.3 Å². The van der Waals surface area contributed by atoms with E-state index in [0.29, 0.717) is 22.2 Å². The van der Waals surface area contributed by atoms with Crippen molar-refractivity contribution < 1.29 is 4.79 Å². The van der Waals surface area contributed by atoms with Gasteiger partial charge in [0.2, 0.25) is 0 Å². The molecule has 0 bridgehead atoms. The molecule has 0 radical (unpaired) electrons. The molecule has 17 heavy (non-hydrogen) atoms. The van der Waals surface area contributed by atoms with Crippen LogP contribution in [0.3, 0.4) is 0 Å². The van der Waals surface area contributed by atoms with Crippen LogP contribution in [-0.4, -0.2) is 29.8 Å². The number of carbonyl (C=O) groups is 1. The summed E-state index contributed by atoms with van der Waals surface area (Å²) in [4.78, 5) is 14.8. The zero-order valence-electron chi connectivity index (χ0n) is 9.94.